The number of piperidine rings is 1. The third-order valence-electron chi connectivity index (χ3n) is 6.03. The highest BCUT2D eigenvalue weighted by atomic mass is 19.4. The van der Waals surface area contributed by atoms with E-state index in [-0.39, 0.29) is 16.9 Å². The summed E-state index contributed by atoms with van der Waals surface area (Å²) in [6.45, 7) is 13.7. The van der Waals surface area contributed by atoms with Crippen LogP contribution in [0.5, 0.6) is 0 Å². The van der Waals surface area contributed by atoms with E-state index in [0.29, 0.717) is 37.2 Å². The normalized spacial score (nSPS) is 15.8. The van der Waals surface area contributed by atoms with E-state index in [1.54, 1.807) is 0 Å². The first-order valence-corrected chi connectivity index (χ1v) is 11.9. The molecule has 1 amide bonds. The Balaban J connectivity index is 1.91. The fourth-order valence-corrected chi connectivity index (χ4v) is 4.55. The predicted octanol–water partition coefficient (Wildman–Crippen LogP) is 5.79. The molecule has 0 aromatic heterocycles. The summed E-state index contributed by atoms with van der Waals surface area (Å²) in [5, 5.41) is 2.99. The molecule has 0 spiro atoms. The number of halogens is 4. The van der Waals surface area contributed by atoms with Crippen molar-refractivity contribution in [2.24, 2.45) is 11.3 Å². The van der Waals surface area contributed by atoms with E-state index in [1.165, 1.54) is 6.07 Å². The summed E-state index contributed by atoms with van der Waals surface area (Å²) < 4.78 is 53.6. The standard InChI is InChI=1S/C26H39F4N3O/c1-18(2)24(20-13-21(26(28,29)30)15-22(27)14-20)32(6)17-19-7-10-33(11-8-19)12-9-31-23(34)16-25(3,4)5/h13-15,19H,7-12,16-17H2,1-6H3,(H,31,34). The van der Waals surface area contributed by atoms with Crippen LogP contribution < -0.4 is 5.32 Å². The van der Waals surface area contributed by atoms with E-state index in [2.05, 4.69) is 10.2 Å². The van der Waals surface area contributed by atoms with Crippen LogP contribution in [0.25, 0.3) is 5.70 Å². The zero-order valence-corrected chi connectivity index (χ0v) is 21.3. The molecule has 1 N–H and O–H groups in total. The van der Waals surface area contributed by atoms with E-state index in [1.807, 2.05) is 46.6 Å². The van der Waals surface area contributed by atoms with Crippen molar-refractivity contribution in [2.45, 2.75) is 60.1 Å². The topological polar surface area (TPSA) is 35.6 Å². The van der Waals surface area contributed by atoms with Crippen molar-refractivity contribution < 1.29 is 22.4 Å². The second-order valence-corrected chi connectivity index (χ2v) is 10.8. The van der Waals surface area contributed by atoms with Gasteiger partial charge in [0.2, 0.25) is 5.91 Å². The number of carbonyl (C=O) groups excluding carboxylic acids is 1. The number of amides is 1. The van der Waals surface area contributed by atoms with Gasteiger partial charge in [-0.25, -0.2) is 4.39 Å². The average molecular weight is 486 g/mol. The van der Waals surface area contributed by atoms with Crippen LogP contribution in [-0.4, -0.2) is 55.5 Å². The zero-order chi connectivity index (χ0) is 25.7. The Kier molecular flexibility index (Phi) is 9.57. The number of nitrogens with zero attached hydrogens (tertiary/aromatic N) is 2. The number of alkyl halides is 3. The van der Waals surface area contributed by atoms with Crippen LogP contribution in [0, 0.1) is 17.2 Å². The van der Waals surface area contributed by atoms with Gasteiger partial charge in [-0.05, 0) is 69.3 Å². The van der Waals surface area contributed by atoms with Crippen molar-refractivity contribution in [3.63, 3.8) is 0 Å². The van der Waals surface area contributed by atoms with Crippen molar-refractivity contribution >= 4 is 11.6 Å². The lowest BCUT2D eigenvalue weighted by Crippen LogP contribution is -2.41. The monoisotopic (exact) mass is 485 g/mol. The molecular formula is C26H39F4N3O. The van der Waals surface area contributed by atoms with Crippen LogP contribution in [0.2, 0.25) is 0 Å². The van der Waals surface area contributed by atoms with E-state index < -0.39 is 17.6 Å². The summed E-state index contributed by atoms with van der Waals surface area (Å²) >= 11 is 0. The van der Waals surface area contributed by atoms with Crippen molar-refractivity contribution in [3.8, 4) is 0 Å². The minimum atomic E-state index is -4.60. The fraction of sp³-hybridized carbons (Fsp3) is 0.654. The van der Waals surface area contributed by atoms with Crippen LogP contribution in [0.3, 0.4) is 0 Å². The lowest BCUT2D eigenvalue weighted by atomic mass is 9.92. The molecule has 1 aromatic carbocycles. The number of hydrogen-bond donors (Lipinski definition) is 1. The number of benzene rings is 1. The molecule has 1 aliphatic rings. The molecule has 192 valence electrons. The molecule has 0 atom stereocenters. The second-order valence-electron chi connectivity index (χ2n) is 10.8. The summed E-state index contributed by atoms with van der Waals surface area (Å²) in [5.74, 6) is -0.425. The first-order chi connectivity index (χ1) is 15.7. The first kappa shape index (κ1) is 28.1. The molecule has 0 saturated carbocycles. The molecule has 8 heteroatoms. The summed E-state index contributed by atoms with van der Waals surface area (Å²) in [6.07, 6.45) is -2.16. The highest BCUT2D eigenvalue weighted by molar-refractivity contribution is 5.76. The zero-order valence-electron chi connectivity index (χ0n) is 21.3. The molecule has 1 saturated heterocycles. The molecule has 34 heavy (non-hydrogen) atoms. The van der Waals surface area contributed by atoms with Gasteiger partial charge < -0.3 is 15.1 Å². The number of carbonyl (C=O) groups is 1. The maximum Gasteiger partial charge on any atom is 0.416 e. The maximum absolute atomic E-state index is 14.0. The molecule has 0 radical (unpaired) electrons. The molecule has 1 aromatic rings. The third-order valence-corrected chi connectivity index (χ3v) is 6.03. The lowest BCUT2D eigenvalue weighted by molar-refractivity contribution is -0.137. The van der Waals surface area contributed by atoms with E-state index >= 15 is 0 Å². The number of likely N-dealkylation sites (tertiary alicyclic amines) is 1. The van der Waals surface area contributed by atoms with Crippen LogP contribution in [0.4, 0.5) is 17.6 Å². The minimum absolute atomic E-state index is 0.0293. The highest BCUT2D eigenvalue weighted by Gasteiger charge is 2.32. The van der Waals surface area contributed by atoms with Crippen molar-refractivity contribution in [1.82, 2.24) is 15.1 Å². The van der Waals surface area contributed by atoms with Gasteiger partial charge in [0.15, 0.2) is 0 Å². The molecule has 4 nitrogen and oxygen atoms in total. The second kappa shape index (κ2) is 11.6. The summed E-state index contributed by atoms with van der Waals surface area (Å²) in [4.78, 5) is 16.3. The number of nitrogens with one attached hydrogen (secondary N) is 1. The molecule has 2 rings (SSSR count). The Morgan fingerprint density at radius 2 is 1.74 bits per heavy atom. The highest BCUT2D eigenvalue weighted by Crippen LogP contribution is 2.34. The molecule has 1 heterocycles. The molecule has 1 fully saturated rings. The van der Waals surface area contributed by atoms with E-state index in [9.17, 15) is 22.4 Å². The number of allylic oxidation sites excluding steroid dienone is 1. The Bertz CT molecular complexity index is 862. The number of rotatable bonds is 8. The van der Waals surface area contributed by atoms with Crippen LogP contribution >= 0.6 is 0 Å². The third kappa shape index (κ3) is 8.93. The summed E-state index contributed by atoms with van der Waals surface area (Å²) in [7, 11) is 1.86. The Morgan fingerprint density at radius 1 is 1.12 bits per heavy atom. The van der Waals surface area contributed by atoms with Gasteiger partial charge in [-0.3, -0.25) is 4.79 Å². The Hall–Kier alpha value is -2.09. The molecule has 0 unspecified atom stereocenters. The number of hydrogen-bond acceptors (Lipinski definition) is 3. The van der Waals surface area contributed by atoms with Gasteiger partial charge in [-0.2, -0.15) is 13.2 Å². The van der Waals surface area contributed by atoms with Gasteiger partial charge in [-0.15, -0.1) is 0 Å². The van der Waals surface area contributed by atoms with E-state index in [4.69, 9.17) is 0 Å². The molecule has 1 aliphatic heterocycles. The average Bonchev–Trinajstić information content (AvgIpc) is 2.66. The lowest BCUT2D eigenvalue weighted by Gasteiger charge is -2.35. The quantitative estimate of drug-likeness (QED) is 0.474. The van der Waals surface area contributed by atoms with Gasteiger partial charge in [0.25, 0.3) is 0 Å². The predicted molar refractivity (Wildman–Crippen MR) is 129 cm³/mol. The van der Waals surface area contributed by atoms with E-state index in [0.717, 1.165) is 44.1 Å². The van der Waals surface area contributed by atoms with Gasteiger partial charge in [-0.1, -0.05) is 26.3 Å². The van der Waals surface area contributed by atoms with Crippen molar-refractivity contribution in [3.05, 3.63) is 40.7 Å². The molecular weight excluding hydrogens is 446 g/mol. The van der Waals surface area contributed by atoms with Crippen LogP contribution in [-0.2, 0) is 11.0 Å². The SMILES string of the molecule is CC(C)=C(c1cc(F)cc(C(F)(F)F)c1)N(C)CC1CCN(CCNC(=O)CC(C)(C)C)CC1. The largest absolute Gasteiger partial charge is 0.416 e. The fourth-order valence-electron chi connectivity index (χ4n) is 4.55. The van der Waals surface area contributed by atoms with Crippen molar-refractivity contribution in [2.75, 3.05) is 39.8 Å². The summed E-state index contributed by atoms with van der Waals surface area (Å²) in [5.41, 5.74) is 0.716. The van der Waals surface area contributed by atoms with Gasteiger partial charge in [0, 0.05) is 44.4 Å². The summed E-state index contributed by atoms with van der Waals surface area (Å²) in [6, 6.07) is 2.73. The molecule has 0 aliphatic carbocycles. The maximum atomic E-state index is 14.0. The smallest absolute Gasteiger partial charge is 0.374 e. The van der Waals surface area contributed by atoms with Gasteiger partial charge >= 0.3 is 6.18 Å². The Morgan fingerprint density at radius 3 is 2.26 bits per heavy atom. The molecule has 0 bridgehead atoms. The van der Waals surface area contributed by atoms with Crippen LogP contribution in [0.1, 0.15) is 65.0 Å². The minimum Gasteiger partial charge on any atom is -0.374 e. The van der Waals surface area contributed by atoms with Gasteiger partial charge in [0.1, 0.15) is 5.82 Å². The van der Waals surface area contributed by atoms with Gasteiger partial charge in [0.05, 0.1) is 5.56 Å². The van der Waals surface area contributed by atoms with Crippen molar-refractivity contribution in [1.29, 1.82) is 0 Å². The first-order valence-electron chi connectivity index (χ1n) is 11.9. The van der Waals surface area contributed by atoms with Crippen LogP contribution in [0.15, 0.2) is 23.8 Å². The Labute approximate surface area is 201 Å².